The normalized spacial score (nSPS) is 18.4. The summed E-state index contributed by atoms with van der Waals surface area (Å²) in [5, 5.41) is 11.6. The average Bonchev–Trinajstić information content (AvgIpc) is 3.03. The fourth-order valence-corrected chi connectivity index (χ4v) is 7.22. The summed E-state index contributed by atoms with van der Waals surface area (Å²) in [5.74, 6) is 1.10. The van der Waals surface area contributed by atoms with E-state index in [1.807, 2.05) is 17.9 Å². The lowest BCUT2D eigenvalue weighted by molar-refractivity contribution is -0.139. The molecular weight excluding hydrogens is 571 g/mol. The summed E-state index contributed by atoms with van der Waals surface area (Å²) < 4.78 is 21.7. The first-order chi connectivity index (χ1) is 21.7. The van der Waals surface area contributed by atoms with Crippen molar-refractivity contribution in [2.75, 3.05) is 69.8 Å². The van der Waals surface area contributed by atoms with E-state index in [-0.39, 0.29) is 22.6 Å². The number of ether oxygens (including phenoxy) is 1. The van der Waals surface area contributed by atoms with Crippen LogP contribution >= 0.6 is 0 Å². The zero-order chi connectivity index (χ0) is 31.9. The van der Waals surface area contributed by atoms with Gasteiger partial charge in [0.2, 0.25) is 11.9 Å². The molecular formula is C35H43FN6O3. The third-order valence-electron chi connectivity index (χ3n) is 9.83. The highest BCUT2D eigenvalue weighted by Crippen LogP contribution is 2.48. The Labute approximate surface area is 264 Å². The second-order valence-corrected chi connectivity index (χ2v) is 12.8. The van der Waals surface area contributed by atoms with Crippen LogP contribution in [0, 0.1) is 11.2 Å². The third kappa shape index (κ3) is 5.60. The van der Waals surface area contributed by atoms with Crippen LogP contribution in [0.3, 0.4) is 0 Å². The SMILES string of the molecule is C=CC(=O)N1CC2(CCN(c3nc(N4CCC(N(C)C)CC4)nc4c(OCC)c(-c5c(O)cccc5F)c(C=C)cc34)CC2)C1. The number of fused-ring (bicyclic) bond motifs is 1. The number of aromatic nitrogens is 2. The molecule has 1 N–H and O–H groups in total. The molecule has 0 saturated carbocycles. The van der Waals surface area contributed by atoms with Gasteiger partial charge in [-0.2, -0.15) is 4.98 Å². The Morgan fingerprint density at radius 2 is 1.82 bits per heavy atom. The van der Waals surface area contributed by atoms with Gasteiger partial charge in [0.05, 0.1) is 12.2 Å². The number of aromatic hydroxyl groups is 1. The number of phenols is 1. The number of piperidine rings is 2. The van der Waals surface area contributed by atoms with Crippen LogP contribution in [-0.2, 0) is 4.79 Å². The Morgan fingerprint density at radius 1 is 1.11 bits per heavy atom. The number of amides is 1. The molecule has 3 aliphatic heterocycles. The van der Waals surface area contributed by atoms with E-state index in [0.29, 0.717) is 41.0 Å². The van der Waals surface area contributed by atoms with Gasteiger partial charge in [-0.05, 0) is 76.5 Å². The molecule has 0 atom stereocenters. The standard InChI is InChI=1S/C35H43FN6O3/c1-6-23-20-25-31(32(45-8-3)29(23)30-26(36)10-9-11-27(30)43)37-34(41-16-12-24(13-17-41)39(4)5)38-33(25)40-18-14-35(15-19-40)21-42(22-35)28(44)7-2/h6-7,9-11,20,24,43H,1-2,8,12-19,21-22H2,3-5H3. The molecule has 1 spiro atoms. The fraction of sp³-hybridized carbons (Fsp3) is 0.457. The van der Waals surface area contributed by atoms with Gasteiger partial charge in [0.15, 0.2) is 5.75 Å². The molecule has 4 heterocycles. The van der Waals surface area contributed by atoms with Crippen LogP contribution in [-0.4, -0.2) is 96.8 Å². The monoisotopic (exact) mass is 614 g/mol. The third-order valence-corrected chi connectivity index (χ3v) is 9.83. The number of nitrogens with zero attached hydrogens (tertiary/aromatic N) is 6. The Balaban J connectivity index is 1.47. The van der Waals surface area contributed by atoms with Gasteiger partial charge in [0.1, 0.15) is 22.9 Å². The summed E-state index contributed by atoms with van der Waals surface area (Å²) in [7, 11) is 4.24. The number of benzene rings is 2. The van der Waals surface area contributed by atoms with Gasteiger partial charge >= 0.3 is 0 Å². The van der Waals surface area contributed by atoms with E-state index in [1.54, 1.807) is 6.08 Å². The zero-order valence-electron chi connectivity index (χ0n) is 26.6. The lowest BCUT2D eigenvalue weighted by atomic mass is 9.72. The van der Waals surface area contributed by atoms with Crippen molar-refractivity contribution >= 4 is 34.7 Å². The van der Waals surface area contributed by atoms with Crippen LogP contribution in [0.1, 0.15) is 38.2 Å². The summed E-state index contributed by atoms with van der Waals surface area (Å²) in [6.45, 7) is 14.6. The predicted octanol–water partition coefficient (Wildman–Crippen LogP) is 5.33. The van der Waals surface area contributed by atoms with Gasteiger partial charge in [0, 0.05) is 61.7 Å². The van der Waals surface area contributed by atoms with Crippen LogP contribution in [0.5, 0.6) is 11.5 Å². The number of halogens is 1. The van der Waals surface area contributed by atoms with Crippen molar-refractivity contribution in [3.63, 3.8) is 0 Å². The summed E-state index contributed by atoms with van der Waals surface area (Å²) >= 11 is 0. The van der Waals surface area contributed by atoms with Crippen molar-refractivity contribution in [1.82, 2.24) is 19.8 Å². The number of hydrogen-bond acceptors (Lipinski definition) is 8. The molecule has 3 aliphatic rings. The number of anilines is 2. The van der Waals surface area contributed by atoms with Gasteiger partial charge in [-0.1, -0.05) is 25.3 Å². The zero-order valence-corrected chi connectivity index (χ0v) is 26.6. The number of rotatable bonds is 8. The van der Waals surface area contributed by atoms with Crippen molar-refractivity contribution in [3.05, 3.63) is 54.9 Å². The lowest BCUT2D eigenvalue weighted by Gasteiger charge is -2.54. The molecule has 238 valence electrons. The minimum atomic E-state index is -0.551. The molecule has 9 nitrogen and oxygen atoms in total. The minimum absolute atomic E-state index is 0.00960. The topological polar surface area (TPSA) is 85.3 Å². The van der Waals surface area contributed by atoms with Crippen molar-refractivity contribution in [2.45, 2.75) is 38.6 Å². The largest absolute Gasteiger partial charge is 0.507 e. The van der Waals surface area contributed by atoms with E-state index in [9.17, 15) is 9.90 Å². The fourth-order valence-electron chi connectivity index (χ4n) is 7.22. The summed E-state index contributed by atoms with van der Waals surface area (Å²) in [6, 6.07) is 6.74. The molecule has 3 fully saturated rings. The number of carbonyl (C=O) groups is 1. The van der Waals surface area contributed by atoms with Crippen molar-refractivity contribution in [2.24, 2.45) is 5.41 Å². The van der Waals surface area contributed by atoms with Crippen LogP contribution in [0.2, 0.25) is 0 Å². The summed E-state index contributed by atoms with van der Waals surface area (Å²) in [6.07, 6.45) is 6.93. The first-order valence-electron chi connectivity index (χ1n) is 15.9. The summed E-state index contributed by atoms with van der Waals surface area (Å²) in [5.41, 5.74) is 1.82. The molecule has 2 aromatic carbocycles. The number of phenolic OH excluding ortho intramolecular Hbond substituents is 1. The van der Waals surface area contributed by atoms with Gasteiger partial charge in [-0.3, -0.25) is 4.79 Å². The van der Waals surface area contributed by atoms with Crippen LogP contribution in [0.15, 0.2) is 43.5 Å². The highest BCUT2D eigenvalue weighted by Gasteiger charge is 2.46. The van der Waals surface area contributed by atoms with E-state index < -0.39 is 5.82 Å². The highest BCUT2D eigenvalue weighted by molar-refractivity contribution is 6.03. The average molecular weight is 615 g/mol. The first kappa shape index (κ1) is 30.8. The lowest BCUT2D eigenvalue weighted by Crippen LogP contribution is -2.61. The van der Waals surface area contributed by atoms with Crippen molar-refractivity contribution in [3.8, 4) is 22.6 Å². The maximum atomic E-state index is 15.4. The molecule has 0 unspecified atom stereocenters. The second-order valence-electron chi connectivity index (χ2n) is 12.8. The number of carbonyl (C=O) groups excluding carboxylic acids is 1. The second kappa shape index (κ2) is 12.3. The van der Waals surface area contributed by atoms with E-state index in [4.69, 9.17) is 14.7 Å². The van der Waals surface area contributed by atoms with E-state index in [0.717, 1.165) is 76.2 Å². The molecule has 3 saturated heterocycles. The maximum Gasteiger partial charge on any atom is 0.245 e. The smallest absolute Gasteiger partial charge is 0.245 e. The van der Waals surface area contributed by atoms with E-state index in [2.05, 4.69) is 42.0 Å². The molecule has 3 aromatic rings. The maximum absolute atomic E-state index is 15.4. The highest BCUT2D eigenvalue weighted by atomic mass is 19.1. The van der Waals surface area contributed by atoms with Gasteiger partial charge in [-0.25, -0.2) is 9.37 Å². The first-order valence-corrected chi connectivity index (χ1v) is 15.9. The van der Waals surface area contributed by atoms with Gasteiger partial charge in [-0.15, -0.1) is 0 Å². The Hall–Kier alpha value is -4.18. The van der Waals surface area contributed by atoms with Crippen LogP contribution < -0.4 is 14.5 Å². The van der Waals surface area contributed by atoms with Gasteiger partial charge in [0.25, 0.3) is 0 Å². The quantitative estimate of drug-likeness (QED) is 0.341. The van der Waals surface area contributed by atoms with E-state index >= 15 is 4.39 Å². The molecule has 6 rings (SSSR count). The molecule has 0 aliphatic carbocycles. The summed E-state index contributed by atoms with van der Waals surface area (Å²) in [4.78, 5) is 31.1. The molecule has 10 heteroatoms. The molecule has 1 amide bonds. The minimum Gasteiger partial charge on any atom is -0.507 e. The number of likely N-dealkylation sites (tertiary alicyclic amines) is 1. The predicted molar refractivity (Wildman–Crippen MR) is 177 cm³/mol. The van der Waals surface area contributed by atoms with Gasteiger partial charge < -0.3 is 29.4 Å². The number of hydrogen-bond donors (Lipinski definition) is 1. The van der Waals surface area contributed by atoms with Crippen LogP contribution in [0.25, 0.3) is 28.1 Å². The molecule has 0 radical (unpaired) electrons. The van der Waals surface area contributed by atoms with Crippen molar-refractivity contribution in [1.29, 1.82) is 0 Å². The Bertz CT molecular complexity index is 1600. The Kier molecular flexibility index (Phi) is 8.43. The molecule has 45 heavy (non-hydrogen) atoms. The molecule has 1 aromatic heterocycles. The van der Waals surface area contributed by atoms with Crippen molar-refractivity contribution < 1.29 is 19.0 Å². The Morgan fingerprint density at radius 3 is 2.42 bits per heavy atom. The van der Waals surface area contributed by atoms with E-state index in [1.165, 1.54) is 24.3 Å². The van der Waals surface area contributed by atoms with Crippen LogP contribution in [0.4, 0.5) is 16.2 Å². The molecule has 0 bridgehead atoms.